The Balaban J connectivity index is 1.38. The van der Waals surface area contributed by atoms with Crippen molar-refractivity contribution in [3.05, 3.63) is 106 Å². The van der Waals surface area contributed by atoms with Crippen molar-refractivity contribution in [2.24, 2.45) is 5.92 Å². The molecule has 182 valence electrons. The van der Waals surface area contributed by atoms with Gasteiger partial charge < -0.3 is 9.80 Å². The third kappa shape index (κ3) is 6.82. The second-order valence-corrected chi connectivity index (χ2v) is 10.3. The zero-order chi connectivity index (χ0) is 24.6. The Kier molecular flexibility index (Phi) is 8.75. The summed E-state index contributed by atoms with van der Waals surface area (Å²) in [7, 11) is 0. The SMILES string of the molecule is CC(c1ccccc1)N(CCC(=O)N1CCC(Cc2ccccc2)CC1)C(=O)c1cccc(Br)c1. The number of carbonyl (C=O) groups is 2. The summed E-state index contributed by atoms with van der Waals surface area (Å²) in [6.07, 6.45) is 3.47. The topological polar surface area (TPSA) is 40.6 Å². The molecular weight excluding hydrogens is 500 g/mol. The minimum atomic E-state index is -0.132. The van der Waals surface area contributed by atoms with Gasteiger partial charge in [-0.05, 0) is 61.4 Å². The molecule has 1 saturated heterocycles. The minimum Gasteiger partial charge on any atom is -0.343 e. The molecular formula is C30H33BrN2O2. The first-order chi connectivity index (χ1) is 17.0. The summed E-state index contributed by atoms with van der Waals surface area (Å²) in [5, 5.41) is 0. The van der Waals surface area contributed by atoms with Crippen molar-refractivity contribution in [1.29, 1.82) is 0 Å². The lowest BCUT2D eigenvalue weighted by atomic mass is 9.90. The lowest BCUT2D eigenvalue weighted by Gasteiger charge is -2.34. The Morgan fingerprint density at radius 2 is 1.60 bits per heavy atom. The number of carbonyl (C=O) groups excluding carboxylic acids is 2. The molecule has 3 aromatic rings. The summed E-state index contributed by atoms with van der Waals surface area (Å²) in [6.45, 7) is 4.02. The van der Waals surface area contributed by atoms with Gasteiger partial charge in [0, 0.05) is 36.1 Å². The molecule has 0 saturated carbocycles. The van der Waals surface area contributed by atoms with E-state index in [0.717, 1.165) is 42.4 Å². The van der Waals surface area contributed by atoms with Crippen LogP contribution in [0, 0.1) is 5.92 Å². The van der Waals surface area contributed by atoms with Gasteiger partial charge in [0.05, 0.1) is 6.04 Å². The molecule has 1 atom stereocenters. The molecule has 4 nitrogen and oxygen atoms in total. The number of benzene rings is 3. The number of nitrogens with zero attached hydrogens (tertiary/aromatic N) is 2. The molecule has 0 radical (unpaired) electrons. The zero-order valence-electron chi connectivity index (χ0n) is 20.3. The maximum atomic E-state index is 13.5. The fourth-order valence-corrected chi connectivity index (χ4v) is 5.28. The number of hydrogen-bond donors (Lipinski definition) is 0. The Labute approximate surface area is 217 Å². The van der Waals surface area contributed by atoms with Crippen LogP contribution in [0.5, 0.6) is 0 Å². The van der Waals surface area contributed by atoms with Gasteiger partial charge in [0.15, 0.2) is 0 Å². The average molecular weight is 534 g/mol. The normalized spacial score (nSPS) is 15.0. The number of halogens is 1. The van der Waals surface area contributed by atoms with Crippen LogP contribution < -0.4 is 0 Å². The number of hydrogen-bond acceptors (Lipinski definition) is 2. The van der Waals surface area contributed by atoms with Crippen molar-refractivity contribution < 1.29 is 9.59 Å². The smallest absolute Gasteiger partial charge is 0.254 e. The molecule has 5 heteroatoms. The number of amides is 2. The summed E-state index contributed by atoms with van der Waals surface area (Å²) in [5.41, 5.74) is 3.05. The molecule has 0 bridgehead atoms. The molecule has 0 aliphatic carbocycles. The van der Waals surface area contributed by atoms with Crippen LogP contribution in [0.3, 0.4) is 0 Å². The highest BCUT2D eigenvalue weighted by atomic mass is 79.9. The van der Waals surface area contributed by atoms with Crippen LogP contribution in [0.4, 0.5) is 0 Å². The maximum absolute atomic E-state index is 13.5. The average Bonchev–Trinajstić information content (AvgIpc) is 2.90. The van der Waals surface area contributed by atoms with Crippen molar-refractivity contribution >= 4 is 27.7 Å². The summed E-state index contributed by atoms with van der Waals surface area (Å²) in [5.74, 6) is 0.696. The monoisotopic (exact) mass is 532 g/mol. The second-order valence-electron chi connectivity index (χ2n) is 9.36. The number of rotatable bonds is 8. The molecule has 1 fully saturated rings. The molecule has 1 unspecified atom stereocenters. The van der Waals surface area contributed by atoms with E-state index in [1.54, 1.807) is 0 Å². The molecule has 1 aliphatic heterocycles. The highest BCUT2D eigenvalue weighted by Gasteiger charge is 2.27. The zero-order valence-corrected chi connectivity index (χ0v) is 21.9. The van der Waals surface area contributed by atoms with Crippen molar-refractivity contribution in [2.75, 3.05) is 19.6 Å². The van der Waals surface area contributed by atoms with Crippen LogP contribution >= 0.6 is 15.9 Å². The van der Waals surface area contributed by atoms with E-state index in [4.69, 9.17) is 0 Å². The van der Waals surface area contributed by atoms with Gasteiger partial charge in [-0.15, -0.1) is 0 Å². The summed E-state index contributed by atoms with van der Waals surface area (Å²) < 4.78 is 0.866. The van der Waals surface area contributed by atoms with Gasteiger partial charge in [-0.1, -0.05) is 82.7 Å². The molecule has 1 heterocycles. The van der Waals surface area contributed by atoms with Gasteiger partial charge in [-0.2, -0.15) is 0 Å². The first-order valence-corrected chi connectivity index (χ1v) is 13.2. The molecule has 1 aliphatic rings. The third-order valence-corrected chi connectivity index (χ3v) is 7.48. The van der Waals surface area contributed by atoms with E-state index in [-0.39, 0.29) is 17.9 Å². The predicted octanol–water partition coefficient (Wildman–Crippen LogP) is 6.52. The first kappa shape index (κ1) is 25.2. The molecule has 35 heavy (non-hydrogen) atoms. The summed E-state index contributed by atoms with van der Waals surface area (Å²) in [6, 6.07) is 27.9. The van der Waals surface area contributed by atoms with Crippen molar-refractivity contribution in [3.63, 3.8) is 0 Å². The summed E-state index contributed by atoms with van der Waals surface area (Å²) in [4.78, 5) is 30.4. The number of likely N-dealkylation sites (tertiary alicyclic amines) is 1. The van der Waals surface area contributed by atoms with Gasteiger partial charge in [0.2, 0.25) is 5.91 Å². The first-order valence-electron chi connectivity index (χ1n) is 12.4. The minimum absolute atomic E-state index is 0.0583. The maximum Gasteiger partial charge on any atom is 0.254 e. The highest BCUT2D eigenvalue weighted by molar-refractivity contribution is 9.10. The largest absolute Gasteiger partial charge is 0.343 e. The van der Waals surface area contributed by atoms with Crippen molar-refractivity contribution in [3.8, 4) is 0 Å². The van der Waals surface area contributed by atoms with Gasteiger partial charge >= 0.3 is 0 Å². The van der Waals surface area contributed by atoms with Crippen LogP contribution in [-0.2, 0) is 11.2 Å². The fourth-order valence-electron chi connectivity index (χ4n) is 4.88. The van der Waals surface area contributed by atoms with Crippen LogP contribution in [-0.4, -0.2) is 41.2 Å². The molecule has 3 aromatic carbocycles. The fraction of sp³-hybridized carbons (Fsp3) is 0.333. The molecule has 4 rings (SSSR count). The lowest BCUT2D eigenvalue weighted by Crippen LogP contribution is -2.41. The Morgan fingerprint density at radius 1 is 0.943 bits per heavy atom. The van der Waals surface area contributed by atoms with Crippen LogP contribution in [0.1, 0.15) is 53.7 Å². The molecule has 0 aromatic heterocycles. The van der Waals surface area contributed by atoms with Crippen molar-refractivity contribution in [2.45, 2.75) is 38.6 Å². The third-order valence-electron chi connectivity index (χ3n) is 6.98. The molecule has 2 amide bonds. The molecule has 0 spiro atoms. The van der Waals surface area contributed by atoms with E-state index < -0.39 is 0 Å². The van der Waals surface area contributed by atoms with E-state index >= 15 is 0 Å². The Hall–Kier alpha value is -2.92. The second kappa shape index (κ2) is 12.2. The van der Waals surface area contributed by atoms with Crippen LogP contribution in [0.25, 0.3) is 0 Å². The standard InChI is InChI=1S/C30H33BrN2O2/c1-23(26-11-6-3-7-12-26)33(30(35)27-13-8-14-28(31)22-27)20-17-29(34)32-18-15-25(16-19-32)21-24-9-4-2-5-10-24/h2-14,22-23,25H,15-21H2,1H3. The van der Waals surface area contributed by atoms with E-state index in [0.29, 0.717) is 24.4 Å². The van der Waals surface area contributed by atoms with Gasteiger partial charge in [-0.3, -0.25) is 9.59 Å². The van der Waals surface area contributed by atoms with E-state index in [1.807, 2.05) is 77.4 Å². The number of piperidine rings is 1. The van der Waals surface area contributed by atoms with Gasteiger partial charge in [0.1, 0.15) is 0 Å². The Bertz CT molecular complexity index is 1110. The van der Waals surface area contributed by atoms with Gasteiger partial charge in [-0.25, -0.2) is 0 Å². The molecule has 0 N–H and O–H groups in total. The predicted molar refractivity (Wildman–Crippen MR) is 144 cm³/mol. The van der Waals surface area contributed by atoms with Gasteiger partial charge in [0.25, 0.3) is 5.91 Å². The van der Waals surface area contributed by atoms with E-state index in [1.165, 1.54) is 5.56 Å². The van der Waals surface area contributed by atoms with Crippen LogP contribution in [0.15, 0.2) is 89.4 Å². The van der Waals surface area contributed by atoms with E-state index in [9.17, 15) is 9.59 Å². The Morgan fingerprint density at radius 3 is 2.26 bits per heavy atom. The van der Waals surface area contributed by atoms with Crippen LogP contribution in [0.2, 0.25) is 0 Å². The lowest BCUT2D eigenvalue weighted by molar-refractivity contribution is -0.132. The highest BCUT2D eigenvalue weighted by Crippen LogP contribution is 2.25. The van der Waals surface area contributed by atoms with E-state index in [2.05, 4.69) is 40.2 Å². The summed E-state index contributed by atoms with van der Waals surface area (Å²) >= 11 is 3.47. The van der Waals surface area contributed by atoms with Crippen molar-refractivity contribution in [1.82, 2.24) is 9.80 Å². The quantitative estimate of drug-likeness (QED) is 0.331.